The van der Waals surface area contributed by atoms with E-state index in [0.29, 0.717) is 19.1 Å². The Balaban J connectivity index is 1.70. The average Bonchev–Trinajstić information content (AvgIpc) is 2.61. The van der Waals surface area contributed by atoms with Gasteiger partial charge in [0.2, 0.25) is 0 Å². The molecule has 0 atom stereocenters. The van der Waals surface area contributed by atoms with Gasteiger partial charge in [-0.05, 0) is 31.1 Å². The highest BCUT2D eigenvalue weighted by atomic mass is 16.5. The van der Waals surface area contributed by atoms with Gasteiger partial charge in [-0.1, -0.05) is 60.7 Å². The molecule has 0 spiro atoms. The number of rotatable bonds is 11. The molecular weight excluding hydrogens is 286 g/mol. The zero-order valence-electron chi connectivity index (χ0n) is 13.9. The largest absolute Gasteiger partial charge is 0.376 e. The predicted octanol–water partition coefficient (Wildman–Crippen LogP) is 3.65. The lowest BCUT2D eigenvalue weighted by atomic mass is 10.1. The lowest BCUT2D eigenvalue weighted by Gasteiger charge is -2.17. The molecule has 0 aliphatic heterocycles. The third-order valence-corrected chi connectivity index (χ3v) is 3.73. The van der Waals surface area contributed by atoms with E-state index in [4.69, 9.17) is 9.47 Å². The summed E-state index contributed by atoms with van der Waals surface area (Å²) in [5.41, 5.74) is 2.43. The van der Waals surface area contributed by atoms with Crippen LogP contribution < -0.4 is 5.32 Å². The van der Waals surface area contributed by atoms with Crippen LogP contribution in [0.4, 0.5) is 0 Å². The molecule has 0 saturated heterocycles. The summed E-state index contributed by atoms with van der Waals surface area (Å²) in [5, 5.41) is 3.20. The highest BCUT2D eigenvalue weighted by Gasteiger charge is 2.09. The Hall–Kier alpha value is -1.68. The Morgan fingerprint density at radius 3 is 1.70 bits per heavy atom. The van der Waals surface area contributed by atoms with Gasteiger partial charge in [-0.15, -0.1) is 0 Å². The van der Waals surface area contributed by atoms with E-state index >= 15 is 0 Å². The molecule has 0 bridgehead atoms. The first-order valence-electron chi connectivity index (χ1n) is 8.26. The fraction of sp³-hybridized carbons (Fsp3) is 0.400. The van der Waals surface area contributed by atoms with Crippen molar-refractivity contribution in [3.05, 3.63) is 71.8 Å². The second-order valence-corrected chi connectivity index (χ2v) is 5.76. The molecule has 2 rings (SSSR count). The van der Waals surface area contributed by atoms with Gasteiger partial charge in [0.25, 0.3) is 0 Å². The molecule has 2 aromatic carbocycles. The standard InChI is InChI=1S/C20H27NO2/c1-21-13-12-20(16-22-14-18-8-4-2-5-9-18)17-23-15-19-10-6-3-7-11-19/h2-11,20-21H,12-17H2,1H3. The lowest BCUT2D eigenvalue weighted by molar-refractivity contribution is 0.0243. The minimum Gasteiger partial charge on any atom is -0.376 e. The second-order valence-electron chi connectivity index (χ2n) is 5.76. The van der Waals surface area contributed by atoms with Crippen molar-refractivity contribution in [2.24, 2.45) is 5.92 Å². The van der Waals surface area contributed by atoms with Gasteiger partial charge in [-0.25, -0.2) is 0 Å². The Morgan fingerprint density at radius 1 is 0.783 bits per heavy atom. The molecule has 23 heavy (non-hydrogen) atoms. The maximum absolute atomic E-state index is 5.87. The summed E-state index contributed by atoms with van der Waals surface area (Å²) in [6.45, 7) is 3.76. The number of nitrogens with one attached hydrogen (secondary N) is 1. The zero-order valence-corrected chi connectivity index (χ0v) is 13.9. The predicted molar refractivity (Wildman–Crippen MR) is 94.2 cm³/mol. The van der Waals surface area contributed by atoms with Crippen LogP contribution in [0, 0.1) is 5.92 Å². The smallest absolute Gasteiger partial charge is 0.0717 e. The fourth-order valence-corrected chi connectivity index (χ4v) is 2.40. The van der Waals surface area contributed by atoms with E-state index in [2.05, 4.69) is 29.6 Å². The maximum Gasteiger partial charge on any atom is 0.0717 e. The van der Waals surface area contributed by atoms with Gasteiger partial charge in [0.15, 0.2) is 0 Å². The van der Waals surface area contributed by atoms with Crippen molar-refractivity contribution in [1.29, 1.82) is 0 Å². The van der Waals surface area contributed by atoms with Crippen molar-refractivity contribution in [3.63, 3.8) is 0 Å². The first kappa shape index (κ1) is 17.7. The number of ether oxygens (including phenoxy) is 2. The number of hydrogen-bond donors (Lipinski definition) is 1. The van der Waals surface area contributed by atoms with Crippen LogP contribution in [0.2, 0.25) is 0 Å². The number of benzene rings is 2. The highest BCUT2D eigenvalue weighted by molar-refractivity contribution is 5.14. The highest BCUT2D eigenvalue weighted by Crippen LogP contribution is 2.09. The molecule has 0 amide bonds. The van der Waals surface area contributed by atoms with Crippen LogP contribution in [-0.2, 0) is 22.7 Å². The minimum atomic E-state index is 0.412. The van der Waals surface area contributed by atoms with Gasteiger partial charge in [0.05, 0.1) is 26.4 Å². The van der Waals surface area contributed by atoms with Gasteiger partial charge >= 0.3 is 0 Å². The molecule has 0 unspecified atom stereocenters. The van der Waals surface area contributed by atoms with E-state index in [-0.39, 0.29) is 0 Å². The van der Waals surface area contributed by atoms with E-state index in [0.717, 1.165) is 26.2 Å². The molecule has 0 aromatic heterocycles. The lowest BCUT2D eigenvalue weighted by Crippen LogP contribution is -2.21. The van der Waals surface area contributed by atoms with Crippen LogP contribution in [0.3, 0.4) is 0 Å². The zero-order chi connectivity index (χ0) is 16.2. The molecule has 0 heterocycles. The van der Waals surface area contributed by atoms with E-state index in [1.165, 1.54) is 11.1 Å². The summed E-state index contributed by atoms with van der Waals surface area (Å²) in [4.78, 5) is 0. The first-order valence-corrected chi connectivity index (χ1v) is 8.26. The van der Waals surface area contributed by atoms with E-state index in [9.17, 15) is 0 Å². The van der Waals surface area contributed by atoms with Crippen LogP contribution >= 0.6 is 0 Å². The molecule has 0 aliphatic rings. The first-order chi connectivity index (χ1) is 11.4. The van der Waals surface area contributed by atoms with E-state index in [1.807, 2.05) is 43.4 Å². The molecule has 1 N–H and O–H groups in total. The average molecular weight is 313 g/mol. The molecule has 0 saturated carbocycles. The van der Waals surface area contributed by atoms with Crippen molar-refractivity contribution in [2.75, 3.05) is 26.8 Å². The van der Waals surface area contributed by atoms with Gasteiger partial charge in [0, 0.05) is 5.92 Å². The Kier molecular flexibility index (Phi) is 8.41. The minimum absolute atomic E-state index is 0.412. The second kappa shape index (κ2) is 10.9. The topological polar surface area (TPSA) is 30.5 Å². The summed E-state index contributed by atoms with van der Waals surface area (Å²) in [7, 11) is 1.98. The van der Waals surface area contributed by atoms with Crippen LogP contribution in [0.25, 0.3) is 0 Å². The van der Waals surface area contributed by atoms with Gasteiger partial charge < -0.3 is 14.8 Å². The van der Waals surface area contributed by atoms with Crippen molar-refractivity contribution >= 4 is 0 Å². The summed E-state index contributed by atoms with van der Waals surface area (Å²) in [6, 6.07) is 20.6. The molecule has 0 fully saturated rings. The SMILES string of the molecule is CNCCC(COCc1ccccc1)COCc1ccccc1. The van der Waals surface area contributed by atoms with Gasteiger partial charge in [-0.3, -0.25) is 0 Å². The molecular formula is C20H27NO2. The Bertz CT molecular complexity index is 470. The van der Waals surface area contributed by atoms with Crippen LogP contribution in [0.5, 0.6) is 0 Å². The van der Waals surface area contributed by atoms with Gasteiger partial charge in [0.1, 0.15) is 0 Å². The molecule has 0 radical (unpaired) electrons. The van der Waals surface area contributed by atoms with Crippen molar-refractivity contribution in [2.45, 2.75) is 19.6 Å². The summed E-state index contributed by atoms with van der Waals surface area (Å²) < 4.78 is 11.7. The summed E-state index contributed by atoms with van der Waals surface area (Å²) in [6.07, 6.45) is 1.06. The summed E-state index contributed by atoms with van der Waals surface area (Å²) >= 11 is 0. The van der Waals surface area contributed by atoms with Gasteiger partial charge in [-0.2, -0.15) is 0 Å². The fourth-order valence-electron chi connectivity index (χ4n) is 2.40. The van der Waals surface area contributed by atoms with Crippen LogP contribution in [0.15, 0.2) is 60.7 Å². The van der Waals surface area contributed by atoms with Crippen LogP contribution in [0.1, 0.15) is 17.5 Å². The normalized spacial score (nSPS) is 11.0. The monoisotopic (exact) mass is 313 g/mol. The van der Waals surface area contributed by atoms with Crippen molar-refractivity contribution < 1.29 is 9.47 Å². The molecule has 0 aliphatic carbocycles. The molecule has 3 nitrogen and oxygen atoms in total. The number of hydrogen-bond acceptors (Lipinski definition) is 3. The summed E-state index contributed by atoms with van der Waals surface area (Å²) in [5.74, 6) is 0.412. The van der Waals surface area contributed by atoms with Crippen molar-refractivity contribution in [1.82, 2.24) is 5.32 Å². The molecule has 2 aromatic rings. The third-order valence-electron chi connectivity index (χ3n) is 3.73. The molecule has 3 heteroatoms. The molecule has 124 valence electrons. The van der Waals surface area contributed by atoms with Crippen molar-refractivity contribution in [3.8, 4) is 0 Å². The van der Waals surface area contributed by atoms with E-state index < -0.39 is 0 Å². The quantitative estimate of drug-likeness (QED) is 0.687. The third kappa shape index (κ3) is 7.42. The van der Waals surface area contributed by atoms with Crippen LogP contribution in [-0.4, -0.2) is 26.8 Å². The Labute approximate surface area is 139 Å². The van der Waals surface area contributed by atoms with E-state index in [1.54, 1.807) is 0 Å². The Morgan fingerprint density at radius 2 is 1.26 bits per heavy atom. The maximum atomic E-state index is 5.87.